The van der Waals surface area contributed by atoms with Gasteiger partial charge in [-0.2, -0.15) is 8.78 Å². The van der Waals surface area contributed by atoms with Gasteiger partial charge in [0.2, 0.25) is 5.91 Å². The lowest BCUT2D eigenvalue weighted by Gasteiger charge is -2.22. The second-order valence-electron chi connectivity index (χ2n) is 5.44. The van der Waals surface area contributed by atoms with E-state index in [1.54, 1.807) is 20.8 Å². The molecule has 0 saturated heterocycles. The Labute approximate surface area is 120 Å². The highest BCUT2D eigenvalue weighted by molar-refractivity contribution is 5.87. The summed E-state index contributed by atoms with van der Waals surface area (Å²) in [5.74, 6) is -1.75. The Kier molecular flexibility index (Phi) is 5.23. The highest BCUT2D eigenvalue weighted by Gasteiger charge is 2.28. The van der Waals surface area contributed by atoms with Crippen LogP contribution in [0, 0.1) is 5.41 Å². The molecule has 1 atom stereocenters. The summed E-state index contributed by atoms with van der Waals surface area (Å²) in [6.45, 7) is 2.01. The fraction of sp³-hybridized carbons (Fsp3) is 0.429. The summed E-state index contributed by atoms with van der Waals surface area (Å²) in [5.41, 5.74) is -0.478. The third-order valence-corrected chi connectivity index (χ3v) is 2.64. The van der Waals surface area contributed by atoms with Crippen molar-refractivity contribution in [3.8, 4) is 5.75 Å². The molecule has 1 amide bonds. The standard InChI is InChI=1S/C14H17F2NO4/c1-14(2,3)12(20)17-10(11(18)19)8-4-6-9(7-5-8)21-13(15)16/h4-7,10,13H,1-3H3,(H,17,20)(H,18,19)/t10-/m1/s1. The van der Waals surface area contributed by atoms with Gasteiger partial charge in [-0.05, 0) is 17.7 Å². The third-order valence-electron chi connectivity index (χ3n) is 2.64. The summed E-state index contributed by atoms with van der Waals surface area (Å²) in [6.07, 6.45) is 0. The molecule has 0 heterocycles. The van der Waals surface area contributed by atoms with Gasteiger partial charge in [-0.25, -0.2) is 4.79 Å². The number of nitrogens with one attached hydrogen (secondary N) is 1. The number of carboxylic acid groups (broad SMARTS) is 1. The van der Waals surface area contributed by atoms with Gasteiger partial charge >= 0.3 is 12.6 Å². The Hall–Kier alpha value is -2.18. The van der Waals surface area contributed by atoms with E-state index in [0.29, 0.717) is 0 Å². The molecule has 0 bridgehead atoms. The molecule has 1 aromatic carbocycles. The monoisotopic (exact) mass is 301 g/mol. The van der Waals surface area contributed by atoms with E-state index in [4.69, 9.17) is 0 Å². The van der Waals surface area contributed by atoms with Gasteiger partial charge in [-0.15, -0.1) is 0 Å². The minimum absolute atomic E-state index is 0.0833. The molecule has 0 aliphatic heterocycles. The normalized spacial score (nSPS) is 12.9. The van der Waals surface area contributed by atoms with E-state index < -0.39 is 29.9 Å². The van der Waals surface area contributed by atoms with Crippen LogP contribution in [0.15, 0.2) is 24.3 Å². The zero-order chi connectivity index (χ0) is 16.2. The Morgan fingerprint density at radius 3 is 2.10 bits per heavy atom. The average molecular weight is 301 g/mol. The smallest absolute Gasteiger partial charge is 0.387 e. The van der Waals surface area contributed by atoms with E-state index in [0.717, 1.165) is 0 Å². The van der Waals surface area contributed by atoms with Gasteiger partial charge in [0.15, 0.2) is 6.04 Å². The minimum Gasteiger partial charge on any atom is -0.479 e. The fourth-order valence-electron chi connectivity index (χ4n) is 1.48. The van der Waals surface area contributed by atoms with Crippen LogP contribution in [0.2, 0.25) is 0 Å². The van der Waals surface area contributed by atoms with Gasteiger partial charge < -0.3 is 15.2 Å². The molecule has 0 spiro atoms. The quantitative estimate of drug-likeness (QED) is 0.876. The third kappa shape index (κ3) is 5.02. The van der Waals surface area contributed by atoms with Crippen LogP contribution >= 0.6 is 0 Å². The van der Waals surface area contributed by atoms with Crippen molar-refractivity contribution in [3.63, 3.8) is 0 Å². The fourth-order valence-corrected chi connectivity index (χ4v) is 1.48. The number of halogens is 2. The van der Waals surface area contributed by atoms with Crippen molar-refractivity contribution in [1.29, 1.82) is 0 Å². The first-order valence-corrected chi connectivity index (χ1v) is 6.20. The van der Waals surface area contributed by atoms with E-state index >= 15 is 0 Å². The van der Waals surface area contributed by atoms with Crippen LogP contribution in [0.1, 0.15) is 32.4 Å². The molecule has 1 rings (SSSR count). The number of carbonyl (C=O) groups is 2. The van der Waals surface area contributed by atoms with Crippen LogP contribution in [0.3, 0.4) is 0 Å². The number of benzene rings is 1. The maximum atomic E-state index is 12.0. The number of alkyl halides is 2. The lowest BCUT2D eigenvalue weighted by Crippen LogP contribution is -2.40. The topological polar surface area (TPSA) is 75.6 Å². The van der Waals surface area contributed by atoms with Gasteiger partial charge in [-0.3, -0.25) is 4.79 Å². The van der Waals surface area contributed by atoms with Crippen molar-refractivity contribution < 1.29 is 28.2 Å². The predicted octanol–water partition coefficient (Wildman–Crippen LogP) is 2.58. The molecular weight excluding hydrogens is 284 g/mol. The molecule has 2 N–H and O–H groups in total. The number of amides is 1. The molecule has 21 heavy (non-hydrogen) atoms. The van der Waals surface area contributed by atoms with Gasteiger partial charge in [0.1, 0.15) is 5.75 Å². The molecule has 7 heteroatoms. The summed E-state index contributed by atoms with van der Waals surface area (Å²) in [4.78, 5) is 23.1. The molecule has 1 aromatic rings. The number of carbonyl (C=O) groups excluding carboxylic acids is 1. The van der Waals surface area contributed by atoms with Crippen molar-refractivity contribution in [2.75, 3.05) is 0 Å². The zero-order valence-corrected chi connectivity index (χ0v) is 11.9. The highest BCUT2D eigenvalue weighted by Crippen LogP contribution is 2.21. The molecule has 0 aliphatic carbocycles. The van der Waals surface area contributed by atoms with Crippen LogP contribution in [0.4, 0.5) is 8.78 Å². The minimum atomic E-state index is -2.95. The molecular formula is C14H17F2NO4. The van der Waals surface area contributed by atoms with Crippen molar-refractivity contribution in [2.45, 2.75) is 33.4 Å². The van der Waals surface area contributed by atoms with E-state index in [2.05, 4.69) is 10.1 Å². The van der Waals surface area contributed by atoms with Crippen LogP contribution in [0.25, 0.3) is 0 Å². The maximum Gasteiger partial charge on any atom is 0.387 e. The molecule has 0 fully saturated rings. The first-order chi connectivity index (χ1) is 9.61. The van der Waals surface area contributed by atoms with Gasteiger partial charge in [0, 0.05) is 5.41 Å². The number of rotatable bonds is 5. The molecule has 0 aliphatic rings. The van der Waals surface area contributed by atoms with Gasteiger partial charge in [0.05, 0.1) is 0 Å². The molecule has 0 aromatic heterocycles. The largest absolute Gasteiger partial charge is 0.479 e. The van der Waals surface area contributed by atoms with E-state index in [1.165, 1.54) is 24.3 Å². The van der Waals surface area contributed by atoms with Gasteiger partial charge in [0.25, 0.3) is 0 Å². The highest BCUT2D eigenvalue weighted by atomic mass is 19.3. The second-order valence-corrected chi connectivity index (χ2v) is 5.44. The Morgan fingerprint density at radius 2 is 1.71 bits per heavy atom. The van der Waals surface area contributed by atoms with Crippen molar-refractivity contribution in [3.05, 3.63) is 29.8 Å². The number of ether oxygens (including phenoxy) is 1. The van der Waals surface area contributed by atoms with Crippen LogP contribution < -0.4 is 10.1 Å². The molecule has 5 nitrogen and oxygen atoms in total. The lowest BCUT2D eigenvalue weighted by molar-refractivity contribution is -0.143. The SMILES string of the molecule is CC(C)(C)C(=O)N[C@@H](C(=O)O)c1ccc(OC(F)F)cc1. The Morgan fingerprint density at radius 1 is 1.19 bits per heavy atom. The summed E-state index contributed by atoms with van der Waals surface area (Å²) in [6, 6.07) is 3.83. The lowest BCUT2D eigenvalue weighted by atomic mass is 9.94. The first kappa shape index (κ1) is 16.9. The number of carboxylic acids is 1. The van der Waals surface area contributed by atoms with Crippen molar-refractivity contribution in [1.82, 2.24) is 5.32 Å². The Bertz CT molecular complexity index is 509. The van der Waals surface area contributed by atoms with E-state index in [9.17, 15) is 23.5 Å². The number of hydrogen-bond acceptors (Lipinski definition) is 3. The van der Waals surface area contributed by atoms with E-state index in [1.807, 2.05) is 0 Å². The molecule has 0 unspecified atom stereocenters. The van der Waals surface area contributed by atoms with Crippen LogP contribution in [-0.2, 0) is 9.59 Å². The summed E-state index contributed by atoms with van der Waals surface area (Å²) in [5, 5.41) is 11.6. The predicted molar refractivity (Wildman–Crippen MR) is 71.0 cm³/mol. The summed E-state index contributed by atoms with van der Waals surface area (Å²) >= 11 is 0. The van der Waals surface area contributed by atoms with Crippen LogP contribution in [0.5, 0.6) is 5.75 Å². The molecule has 116 valence electrons. The summed E-state index contributed by atoms with van der Waals surface area (Å²) < 4.78 is 28.3. The number of aliphatic carboxylic acids is 1. The number of hydrogen-bond donors (Lipinski definition) is 2. The van der Waals surface area contributed by atoms with Crippen LogP contribution in [-0.4, -0.2) is 23.6 Å². The zero-order valence-electron chi connectivity index (χ0n) is 11.9. The molecule has 0 saturated carbocycles. The average Bonchev–Trinajstić information content (AvgIpc) is 2.34. The Balaban J connectivity index is 2.91. The van der Waals surface area contributed by atoms with Crippen molar-refractivity contribution >= 4 is 11.9 Å². The summed E-state index contributed by atoms with van der Waals surface area (Å²) in [7, 11) is 0. The first-order valence-electron chi connectivity index (χ1n) is 6.20. The van der Waals surface area contributed by atoms with Crippen molar-refractivity contribution in [2.24, 2.45) is 5.41 Å². The van der Waals surface area contributed by atoms with E-state index in [-0.39, 0.29) is 11.3 Å². The molecule has 0 radical (unpaired) electrons. The maximum absolute atomic E-state index is 12.0. The second kappa shape index (κ2) is 6.51. The van der Waals surface area contributed by atoms with Gasteiger partial charge in [-0.1, -0.05) is 32.9 Å².